The van der Waals surface area contributed by atoms with E-state index in [0.29, 0.717) is 18.0 Å². The fraction of sp³-hybridized carbons (Fsp3) is 0.600. The highest BCUT2D eigenvalue weighted by Gasteiger charge is 2.43. The van der Waals surface area contributed by atoms with E-state index in [1.54, 1.807) is 6.07 Å². The number of alkyl halides is 3. The van der Waals surface area contributed by atoms with Gasteiger partial charge in [-0.2, -0.15) is 0 Å². The minimum atomic E-state index is -4.74. The van der Waals surface area contributed by atoms with Crippen LogP contribution in [0.4, 0.5) is 13.2 Å². The van der Waals surface area contributed by atoms with Gasteiger partial charge in [-0.05, 0) is 36.5 Å². The van der Waals surface area contributed by atoms with Crippen molar-refractivity contribution in [2.24, 2.45) is 17.1 Å². The first kappa shape index (κ1) is 16.1. The highest BCUT2D eigenvalue weighted by molar-refractivity contribution is 5.31. The van der Waals surface area contributed by atoms with Gasteiger partial charge in [-0.15, -0.1) is 13.2 Å². The minimum absolute atomic E-state index is 0.308. The smallest absolute Gasteiger partial charge is 0.406 e. The van der Waals surface area contributed by atoms with Crippen LogP contribution < -0.4 is 10.5 Å². The average Bonchev–Trinajstić information content (AvgIpc) is 2.79. The quantitative estimate of drug-likeness (QED) is 0.896. The second-order valence-electron chi connectivity index (χ2n) is 5.94. The molecule has 0 saturated heterocycles. The Morgan fingerprint density at radius 3 is 2.71 bits per heavy atom. The van der Waals surface area contributed by atoms with Crippen LogP contribution in [0.25, 0.3) is 0 Å². The summed E-state index contributed by atoms with van der Waals surface area (Å²) in [6.45, 7) is 2.40. The van der Waals surface area contributed by atoms with Crippen molar-refractivity contribution in [1.29, 1.82) is 0 Å². The normalized spacial score (nSPS) is 27.6. The van der Waals surface area contributed by atoms with Gasteiger partial charge in [0.2, 0.25) is 0 Å². The Balaban J connectivity index is 2.23. The molecule has 3 atom stereocenters. The lowest BCUT2D eigenvalue weighted by Crippen LogP contribution is -2.34. The lowest BCUT2D eigenvalue weighted by atomic mass is 9.77. The van der Waals surface area contributed by atoms with Crippen LogP contribution >= 0.6 is 0 Å². The van der Waals surface area contributed by atoms with Crippen molar-refractivity contribution in [3.8, 4) is 5.75 Å². The van der Waals surface area contributed by atoms with E-state index in [9.17, 15) is 18.3 Å². The molecule has 3 N–H and O–H groups in total. The van der Waals surface area contributed by atoms with Crippen LogP contribution in [-0.4, -0.2) is 18.0 Å². The highest BCUT2D eigenvalue weighted by atomic mass is 19.4. The Hall–Kier alpha value is -1.27. The molecule has 1 fully saturated rings. The summed E-state index contributed by atoms with van der Waals surface area (Å²) in [5.74, 6) is 0.134. The van der Waals surface area contributed by atoms with Crippen LogP contribution in [0.1, 0.15) is 37.9 Å². The summed E-state index contributed by atoms with van der Waals surface area (Å²) in [4.78, 5) is 0. The molecule has 0 bridgehead atoms. The van der Waals surface area contributed by atoms with Crippen molar-refractivity contribution in [2.75, 3.05) is 6.54 Å². The lowest BCUT2D eigenvalue weighted by molar-refractivity contribution is -0.274. The highest BCUT2D eigenvalue weighted by Crippen LogP contribution is 2.49. The zero-order chi connectivity index (χ0) is 15.7. The van der Waals surface area contributed by atoms with Gasteiger partial charge in [-0.25, -0.2) is 0 Å². The summed E-state index contributed by atoms with van der Waals surface area (Å²) in [5, 5.41) is 10.6. The number of hydrogen-bond acceptors (Lipinski definition) is 3. The monoisotopic (exact) mass is 303 g/mol. The van der Waals surface area contributed by atoms with Gasteiger partial charge in [0.05, 0.1) is 6.10 Å². The average molecular weight is 303 g/mol. The first-order chi connectivity index (χ1) is 9.76. The molecule has 21 heavy (non-hydrogen) atoms. The Bertz CT molecular complexity index is 492. The van der Waals surface area contributed by atoms with Crippen molar-refractivity contribution in [1.82, 2.24) is 0 Å². The van der Waals surface area contributed by atoms with Gasteiger partial charge in [0, 0.05) is 12.0 Å². The molecule has 0 heterocycles. The van der Waals surface area contributed by atoms with Gasteiger partial charge >= 0.3 is 6.36 Å². The van der Waals surface area contributed by atoms with Crippen LogP contribution in [0.2, 0.25) is 0 Å². The molecule has 1 aromatic carbocycles. The fourth-order valence-electron chi connectivity index (χ4n) is 3.21. The number of ether oxygens (including phenoxy) is 1. The van der Waals surface area contributed by atoms with E-state index in [4.69, 9.17) is 5.73 Å². The van der Waals surface area contributed by atoms with Crippen LogP contribution in [-0.2, 0) is 0 Å². The predicted molar refractivity (Wildman–Crippen MR) is 72.6 cm³/mol. The van der Waals surface area contributed by atoms with Crippen LogP contribution in [0.3, 0.4) is 0 Å². The number of benzene rings is 1. The third kappa shape index (κ3) is 3.68. The van der Waals surface area contributed by atoms with Gasteiger partial charge < -0.3 is 15.6 Å². The van der Waals surface area contributed by atoms with Crippen LogP contribution in [0.15, 0.2) is 24.3 Å². The number of aliphatic hydroxyl groups excluding tert-OH is 1. The molecule has 0 spiro atoms. The molecular weight excluding hydrogens is 283 g/mol. The maximum absolute atomic E-state index is 12.3. The van der Waals surface area contributed by atoms with Crippen molar-refractivity contribution < 1.29 is 23.0 Å². The fourth-order valence-corrected chi connectivity index (χ4v) is 3.21. The van der Waals surface area contributed by atoms with Crippen molar-refractivity contribution >= 4 is 0 Å². The number of aliphatic hydroxyl groups is 1. The van der Waals surface area contributed by atoms with Crippen LogP contribution in [0, 0.1) is 11.3 Å². The molecule has 3 unspecified atom stereocenters. The zero-order valence-electron chi connectivity index (χ0n) is 11.9. The number of nitrogens with two attached hydrogens (primary N) is 1. The van der Waals surface area contributed by atoms with E-state index in [2.05, 4.69) is 11.7 Å². The molecule has 0 radical (unpaired) electrons. The summed E-state index contributed by atoms with van der Waals surface area (Å²) in [7, 11) is 0. The Morgan fingerprint density at radius 1 is 1.48 bits per heavy atom. The predicted octanol–water partition coefficient (Wildman–Crippen LogP) is 3.38. The Kier molecular flexibility index (Phi) is 4.49. The Labute approximate surface area is 121 Å². The minimum Gasteiger partial charge on any atom is -0.406 e. The Morgan fingerprint density at radius 2 is 2.19 bits per heavy atom. The second-order valence-corrected chi connectivity index (χ2v) is 5.94. The van der Waals surface area contributed by atoms with Gasteiger partial charge in [0.15, 0.2) is 0 Å². The maximum Gasteiger partial charge on any atom is 0.573 e. The van der Waals surface area contributed by atoms with Gasteiger partial charge in [-0.1, -0.05) is 25.5 Å². The van der Waals surface area contributed by atoms with Crippen molar-refractivity contribution in [2.45, 2.75) is 38.7 Å². The van der Waals surface area contributed by atoms with Gasteiger partial charge in [0.1, 0.15) is 5.75 Å². The van der Waals surface area contributed by atoms with Gasteiger partial charge in [0.25, 0.3) is 0 Å². The molecule has 1 aromatic rings. The summed E-state index contributed by atoms with van der Waals surface area (Å²) >= 11 is 0. The molecular formula is C15H20F3NO2. The summed E-state index contributed by atoms with van der Waals surface area (Å²) in [6.07, 6.45) is -3.11. The standard InChI is InChI=1S/C15H20F3NO2/c1-10-5-6-14(8-10,9-19)13(20)11-3-2-4-12(7-11)21-15(16,17)18/h2-4,7,10,13,20H,5-6,8-9,19H2,1H3. The van der Waals surface area contributed by atoms with E-state index < -0.39 is 17.9 Å². The lowest BCUT2D eigenvalue weighted by Gasteiger charge is -2.33. The number of hydrogen-bond donors (Lipinski definition) is 2. The largest absolute Gasteiger partial charge is 0.573 e. The molecule has 1 aliphatic carbocycles. The molecule has 1 saturated carbocycles. The topological polar surface area (TPSA) is 55.5 Å². The third-order valence-electron chi connectivity index (χ3n) is 4.28. The van der Waals surface area contributed by atoms with E-state index in [1.807, 2.05) is 0 Å². The SMILES string of the molecule is CC1CCC(CN)(C(O)c2cccc(OC(F)(F)F)c2)C1. The van der Waals surface area contributed by atoms with Gasteiger partial charge in [-0.3, -0.25) is 0 Å². The number of rotatable bonds is 4. The maximum atomic E-state index is 12.3. The number of halogens is 3. The molecule has 2 rings (SSSR count). The second kappa shape index (κ2) is 5.85. The molecule has 118 valence electrons. The van der Waals surface area contributed by atoms with E-state index in [-0.39, 0.29) is 5.75 Å². The van der Waals surface area contributed by atoms with Crippen molar-refractivity contribution in [3.63, 3.8) is 0 Å². The van der Waals surface area contributed by atoms with E-state index in [0.717, 1.165) is 19.3 Å². The van der Waals surface area contributed by atoms with Crippen molar-refractivity contribution in [3.05, 3.63) is 29.8 Å². The molecule has 0 aromatic heterocycles. The third-order valence-corrected chi connectivity index (χ3v) is 4.28. The molecule has 1 aliphatic rings. The molecule has 0 aliphatic heterocycles. The van der Waals surface area contributed by atoms with E-state index in [1.165, 1.54) is 18.2 Å². The van der Waals surface area contributed by atoms with Crippen LogP contribution in [0.5, 0.6) is 5.75 Å². The summed E-state index contributed by atoms with van der Waals surface area (Å²) < 4.78 is 40.7. The first-order valence-electron chi connectivity index (χ1n) is 6.99. The molecule has 0 amide bonds. The molecule has 3 nitrogen and oxygen atoms in total. The summed E-state index contributed by atoms with van der Waals surface area (Å²) in [5.41, 5.74) is 5.79. The van der Waals surface area contributed by atoms with E-state index >= 15 is 0 Å². The first-order valence-corrected chi connectivity index (χ1v) is 6.99. The molecule has 6 heteroatoms. The zero-order valence-corrected chi connectivity index (χ0v) is 11.9. The summed E-state index contributed by atoms with van der Waals surface area (Å²) in [6, 6.07) is 5.51.